The SMILES string of the molecule is COc1ccc(S(=O)(=O)Nc2nc(C)c(C(=O)Nc3ccc(OC)c(Cl)c3)s2)cc1. The Balaban J connectivity index is 1.77. The highest BCUT2D eigenvalue weighted by Gasteiger charge is 2.21. The first kappa shape index (κ1) is 21.9. The zero-order valence-electron chi connectivity index (χ0n) is 16.2. The molecular weight excluding hydrogens is 450 g/mol. The molecule has 30 heavy (non-hydrogen) atoms. The molecule has 11 heteroatoms. The lowest BCUT2D eigenvalue weighted by Gasteiger charge is -2.07. The lowest BCUT2D eigenvalue weighted by atomic mass is 10.3. The maximum Gasteiger partial charge on any atom is 0.267 e. The number of sulfonamides is 1. The maximum atomic E-state index is 12.6. The molecule has 1 aromatic heterocycles. The Morgan fingerprint density at radius 2 is 1.80 bits per heavy atom. The van der Waals surface area contributed by atoms with Gasteiger partial charge in [0, 0.05) is 5.69 Å². The molecule has 3 rings (SSSR count). The molecule has 0 atom stereocenters. The van der Waals surface area contributed by atoms with E-state index in [-0.39, 0.29) is 14.9 Å². The quantitative estimate of drug-likeness (QED) is 0.540. The molecule has 0 aliphatic rings. The number of aryl methyl sites for hydroxylation is 1. The van der Waals surface area contributed by atoms with Crippen molar-refractivity contribution in [3.63, 3.8) is 0 Å². The third-order valence-corrected chi connectivity index (χ3v) is 6.85. The molecule has 0 aliphatic heterocycles. The van der Waals surface area contributed by atoms with Crippen LogP contribution in [0.3, 0.4) is 0 Å². The van der Waals surface area contributed by atoms with Crippen molar-refractivity contribution in [2.75, 3.05) is 24.3 Å². The smallest absolute Gasteiger partial charge is 0.267 e. The molecule has 0 bridgehead atoms. The van der Waals surface area contributed by atoms with Crippen molar-refractivity contribution in [2.45, 2.75) is 11.8 Å². The number of rotatable bonds is 7. The van der Waals surface area contributed by atoms with E-state index in [4.69, 9.17) is 21.1 Å². The Labute approximate surface area is 182 Å². The fourth-order valence-electron chi connectivity index (χ4n) is 2.51. The van der Waals surface area contributed by atoms with Crippen molar-refractivity contribution >= 4 is 49.7 Å². The molecule has 8 nitrogen and oxygen atoms in total. The summed E-state index contributed by atoms with van der Waals surface area (Å²) in [6.07, 6.45) is 0. The van der Waals surface area contributed by atoms with Crippen molar-refractivity contribution in [3.05, 3.63) is 58.1 Å². The van der Waals surface area contributed by atoms with Crippen LogP contribution in [0.15, 0.2) is 47.4 Å². The second-order valence-electron chi connectivity index (χ2n) is 6.02. The average molecular weight is 468 g/mol. The number of anilines is 2. The fourth-order valence-corrected chi connectivity index (χ4v) is 4.87. The van der Waals surface area contributed by atoms with Crippen LogP contribution in [0, 0.1) is 6.92 Å². The van der Waals surface area contributed by atoms with E-state index in [2.05, 4.69) is 15.0 Å². The molecule has 1 heterocycles. The molecule has 0 radical (unpaired) electrons. The summed E-state index contributed by atoms with van der Waals surface area (Å²) in [7, 11) is -0.873. The van der Waals surface area contributed by atoms with Crippen molar-refractivity contribution in [1.29, 1.82) is 0 Å². The van der Waals surface area contributed by atoms with E-state index in [9.17, 15) is 13.2 Å². The minimum absolute atomic E-state index is 0.0510. The lowest BCUT2D eigenvalue weighted by molar-refractivity contribution is 0.103. The molecule has 3 aromatic rings. The third-order valence-electron chi connectivity index (χ3n) is 4.00. The van der Waals surface area contributed by atoms with Crippen molar-refractivity contribution < 1.29 is 22.7 Å². The Kier molecular flexibility index (Phi) is 6.49. The van der Waals surface area contributed by atoms with Crippen LogP contribution in [0.25, 0.3) is 0 Å². The molecule has 0 aliphatic carbocycles. The minimum Gasteiger partial charge on any atom is -0.497 e. The number of ether oxygens (including phenoxy) is 2. The zero-order valence-corrected chi connectivity index (χ0v) is 18.6. The number of methoxy groups -OCH3 is 2. The first-order chi connectivity index (χ1) is 14.2. The normalized spacial score (nSPS) is 11.1. The summed E-state index contributed by atoms with van der Waals surface area (Å²) in [5, 5.41) is 3.15. The number of hydrogen-bond acceptors (Lipinski definition) is 7. The van der Waals surface area contributed by atoms with Gasteiger partial charge in [-0.3, -0.25) is 9.52 Å². The minimum atomic E-state index is -3.86. The molecule has 0 unspecified atom stereocenters. The van der Waals surface area contributed by atoms with Crippen LogP contribution in [-0.2, 0) is 10.0 Å². The van der Waals surface area contributed by atoms with Crippen LogP contribution in [0.4, 0.5) is 10.8 Å². The second kappa shape index (κ2) is 8.90. The van der Waals surface area contributed by atoms with Gasteiger partial charge in [0.1, 0.15) is 16.4 Å². The summed E-state index contributed by atoms with van der Waals surface area (Å²) in [5.74, 6) is 0.594. The van der Waals surface area contributed by atoms with Gasteiger partial charge in [0.15, 0.2) is 5.13 Å². The molecule has 0 fully saturated rings. The summed E-state index contributed by atoms with van der Waals surface area (Å²) < 4.78 is 37.6. The summed E-state index contributed by atoms with van der Waals surface area (Å²) >= 11 is 7.01. The highest BCUT2D eigenvalue weighted by molar-refractivity contribution is 7.93. The topological polar surface area (TPSA) is 107 Å². The summed E-state index contributed by atoms with van der Waals surface area (Å²) in [6.45, 7) is 1.62. The number of nitrogens with zero attached hydrogens (tertiary/aromatic N) is 1. The van der Waals surface area contributed by atoms with Crippen molar-refractivity contribution in [3.8, 4) is 11.5 Å². The van der Waals surface area contributed by atoms with E-state index in [0.29, 0.717) is 27.9 Å². The molecule has 2 N–H and O–H groups in total. The Bertz CT molecular complexity index is 1180. The van der Waals surface area contributed by atoms with Gasteiger partial charge in [-0.15, -0.1) is 0 Å². The summed E-state index contributed by atoms with van der Waals surface area (Å²) in [4.78, 5) is 17.1. The van der Waals surface area contributed by atoms with Crippen molar-refractivity contribution in [2.24, 2.45) is 0 Å². The first-order valence-electron chi connectivity index (χ1n) is 8.52. The number of aromatic nitrogens is 1. The predicted molar refractivity (Wildman–Crippen MR) is 117 cm³/mol. The van der Waals surface area contributed by atoms with Gasteiger partial charge in [0.05, 0.1) is 29.8 Å². The van der Waals surface area contributed by atoms with E-state index in [1.165, 1.54) is 26.4 Å². The van der Waals surface area contributed by atoms with E-state index >= 15 is 0 Å². The van der Waals surface area contributed by atoms with Crippen molar-refractivity contribution in [1.82, 2.24) is 4.98 Å². The van der Waals surface area contributed by atoms with Gasteiger partial charge >= 0.3 is 0 Å². The van der Waals surface area contributed by atoms with Crippen LogP contribution in [-0.4, -0.2) is 33.5 Å². The molecule has 1 amide bonds. The van der Waals surface area contributed by atoms with Gasteiger partial charge in [-0.2, -0.15) is 0 Å². The fraction of sp³-hybridized carbons (Fsp3) is 0.158. The van der Waals surface area contributed by atoms with Gasteiger partial charge in [-0.25, -0.2) is 13.4 Å². The Morgan fingerprint density at radius 1 is 1.10 bits per heavy atom. The monoisotopic (exact) mass is 467 g/mol. The third kappa shape index (κ3) is 4.84. The predicted octanol–water partition coefficient (Wildman–Crippen LogP) is 4.18. The molecule has 0 saturated carbocycles. The molecule has 0 saturated heterocycles. The maximum absolute atomic E-state index is 12.6. The van der Waals surface area contributed by atoms with Gasteiger partial charge in [-0.05, 0) is 49.4 Å². The number of halogens is 1. The number of thiazole rings is 1. The largest absolute Gasteiger partial charge is 0.497 e. The number of amides is 1. The average Bonchev–Trinajstić information content (AvgIpc) is 3.07. The van der Waals surface area contributed by atoms with Gasteiger partial charge in [-0.1, -0.05) is 22.9 Å². The highest BCUT2D eigenvalue weighted by atomic mass is 35.5. The zero-order chi connectivity index (χ0) is 21.9. The summed E-state index contributed by atoms with van der Waals surface area (Å²) in [5.41, 5.74) is 0.864. The second-order valence-corrected chi connectivity index (χ2v) is 9.11. The highest BCUT2D eigenvalue weighted by Crippen LogP contribution is 2.29. The van der Waals surface area contributed by atoms with E-state index in [1.807, 2.05) is 0 Å². The standard InChI is InChI=1S/C19H18ClN3O5S2/c1-11-17(18(24)22-12-4-9-16(28-3)15(20)10-12)29-19(21-11)23-30(25,26)14-7-5-13(27-2)6-8-14/h4-10H,1-3H3,(H,21,23)(H,22,24). The van der Waals surface area contributed by atoms with E-state index in [0.717, 1.165) is 11.3 Å². The van der Waals surface area contributed by atoms with Gasteiger partial charge in [0.2, 0.25) is 0 Å². The first-order valence-corrected chi connectivity index (χ1v) is 11.2. The van der Waals surface area contributed by atoms with Crippen LogP contribution >= 0.6 is 22.9 Å². The number of hydrogen-bond donors (Lipinski definition) is 2. The molecule has 2 aromatic carbocycles. The lowest BCUT2D eigenvalue weighted by Crippen LogP contribution is -2.12. The number of carbonyl (C=O) groups excluding carboxylic acids is 1. The Morgan fingerprint density at radius 3 is 2.40 bits per heavy atom. The molecule has 0 spiro atoms. The van der Waals surface area contributed by atoms with E-state index < -0.39 is 15.9 Å². The summed E-state index contributed by atoms with van der Waals surface area (Å²) in [6, 6.07) is 10.8. The van der Waals surface area contributed by atoms with Crippen LogP contribution in [0.1, 0.15) is 15.4 Å². The number of nitrogens with one attached hydrogen (secondary N) is 2. The van der Waals surface area contributed by atoms with Gasteiger partial charge < -0.3 is 14.8 Å². The Hall–Kier alpha value is -2.82. The number of carbonyl (C=O) groups is 1. The van der Waals surface area contributed by atoms with E-state index in [1.54, 1.807) is 37.3 Å². The number of benzene rings is 2. The van der Waals surface area contributed by atoms with Crippen LogP contribution in [0.2, 0.25) is 5.02 Å². The van der Waals surface area contributed by atoms with Crippen LogP contribution in [0.5, 0.6) is 11.5 Å². The molecule has 158 valence electrons. The van der Waals surface area contributed by atoms with Gasteiger partial charge in [0.25, 0.3) is 15.9 Å². The van der Waals surface area contributed by atoms with Crippen LogP contribution < -0.4 is 19.5 Å². The molecular formula is C19H18ClN3O5S2.